The number of likely N-dealkylation sites (tertiary alicyclic amines) is 1. The van der Waals surface area contributed by atoms with Crippen molar-refractivity contribution in [1.82, 2.24) is 24.6 Å². The number of hydrogen-bond acceptors (Lipinski definition) is 5. The Morgan fingerprint density at radius 1 is 1.65 bits per heavy atom. The van der Waals surface area contributed by atoms with Gasteiger partial charge < -0.3 is 10.0 Å². The summed E-state index contributed by atoms with van der Waals surface area (Å²) in [5.74, 6) is -0.0825. The average molecular weight is 283 g/mol. The standard InChI is InChI=1S/C12H21N5O3/c1-9-10(15(2)5-6-18)3-4-17(9)11(19)7-16-8-13-14-12(16)20/h8-10,18H,3-7H2,1-2H3,(H,14,20)/t9-,10-/m1/s1. The minimum atomic E-state index is -0.376. The van der Waals surface area contributed by atoms with Gasteiger partial charge in [-0.1, -0.05) is 0 Å². The number of aliphatic hydroxyl groups excluding tert-OH is 1. The molecule has 8 nitrogen and oxygen atoms in total. The molecule has 2 rings (SSSR count). The van der Waals surface area contributed by atoms with Crippen LogP contribution in [0.1, 0.15) is 13.3 Å². The molecule has 0 unspecified atom stereocenters. The van der Waals surface area contributed by atoms with E-state index in [1.165, 1.54) is 10.9 Å². The number of aromatic amines is 1. The van der Waals surface area contributed by atoms with E-state index >= 15 is 0 Å². The number of H-pyrrole nitrogens is 1. The third-order valence-corrected chi connectivity index (χ3v) is 3.98. The molecule has 2 atom stereocenters. The molecule has 2 N–H and O–H groups in total. The topological polar surface area (TPSA) is 94.5 Å². The Morgan fingerprint density at radius 3 is 3.00 bits per heavy atom. The predicted octanol–water partition coefficient (Wildman–Crippen LogP) is -1.52. The van der Waals surface area contributed by atoms with Crippen LogP contribution in [0.3, 0.4) is 0 Å². The normalized spacial score (nSPS) is 22.7. The third kappa shape index (κ3) is 2.91. The van der Waals surface area contributed by atoms with Gasteiger partial charge in [-0.05, 0) is 20.4 Å². The molecule has 1 aliphatic heterocycles. The zero-order chi connectivity index (χ0) is 14.7. The monoisotopic (exact) mass is 283 g/mol. The van der Waals surface area contributed by atoms with E-state index in [-0.39, 0.29) is 36.8 Å². The summed E-state index contributed by atoms with van der Waals surface area (Å²) in [4.78, 5) is 27.5. The number of hydrogen-bond donors (Lipinski definition) is 2. The van der Waals surface area contributed by atoms with Gasteiger partial charge in [-0.15, -0.1) is 0 Å². The molecule has 0 spiro atoms. The molecule has 0 bridgehead atoms. The quantitative estimate of drug-likeness (QED) is 0.685. The summed E-state index contributed by atoms with van der Waals surface area (Å²) < 4.78 is 1.26. The van der Waals surface area contributed by atoms with Gasteiger partial charge in [0.1, 0.15) is 12.9 Å². The van der Waals surface area contributed by atoms with Crippen LogP contribution in [0.5, 0.6) is 0 Å². The SMILES string of the molecule is C[C@@H]1[C@H](N(C)CCO)CCN1C(=O)Cn1cn[nH]c1=O. The summed E-state index contributed by atoms with van der Waals surface area (Å²) >= 11 is 0. The molecule has 0 saturated carbocycles. The van der Waals surface area contributed by atoms with Crippen LogP contribution in [0.4, 0.5) is 0 Å². The molecule has 1 fully saturated rings. The van der Waals surface area contributed by atoms with Gasteiger partial charge >= 0.3 is 5.69 Å². The molecule has 1 amide bonds. The fourth-order valence-corrected chi connectivity index (χ4v) is 2.81. The minimum Gasteiger partial charge on any atom is -0.395 e. The maximum atomic E-state index is 12.3. The van der Waals surface area contributed by atoms with Gasteiger partial charge in [0, 0.05) is 25.2 Å². The number of carbonyl (C=O) groups excluding carboxylic acids is 1. The molecular formula is C12H21N5O3. The highest BCUT2D eigenvalue weighted by molar-refractivity contribution is 5.76. The first kappa shape index (κ1) is 14.7. The van der Waals surface area contributed by atoms with E-state index in [4.69, 9.17) is 5.11 Å². The van der Waals surface area contributed by atoms with Crippen LogP contribution in [-0.2, 0) is 11.3 Å². The Balaban J connectivity index is 1.98. The van der Waals surface area contributed by atoms with Crippen LogP contribution in [-0.4, -0.2) is 74.4 Å². The van der Waals surface area contributed by atoms with Gasteiger partial charge in [-0.25, -0.2) is 9.89 Å². The zero-order valence-corrected chi connectivity index (χ0v) is 11.8. The van der Waals surface area contributed by atoms with Crippen molar-refractivity contribution in [3.05, 3.63) is 16.8 Å². The Hall–Kier alpha value is -1.67. The van der Waals surface area contributed by atoms with Crippen molar-refractivity contribution in [3.63, 3.8) is 0 Å². The predicted molar refractivity (Wildman–Crippen MR) is 72.1 cm³/mol. The van der Waals surface area contributed by atoms with Gasteiger partial charge in [-0.2, -0.15) is 5.10 Å². The number of carbonyl (C=O) groups is 1. The molecule has 2 heterocycles. The van der Waals surface area contributed by atoms with Gasteiger partial charge in [0.15, 0.2) is 0 Å². The number of aromatic nitrogens is 3. The van der Waals surface area contributed by atoms with Crippen molar-refractivity contribution in [2.45, 2.75) is 32.0 Å². The second-order valence-corrected chi connectivity index (χ2v) is 5.18. The number of nitrogens with one attached hydrogen (secondary N) is 1. The highest BCUT2D eigenvalue weighted by Crippen LogP contribution is 2.22. The first-order valence-electron chi connectivity index (χ1n) is 6.75. The third-order valence-electron chi connectivity index (χ3n) is 3.98. The smallest absolute Gasteiger partial charge is 0.343 e. The summed E-state index contributed by atoms with van der Waals surface area (Å²) in [6.45, 7) is 3.39. The molecule has 8 heteroatoms. The molecule has 0 aromatic carbocycles. The van der Waals surface area contributed by atoms with Crippen LogP contribution in [0.2, 0.25) is 0 Å². The minimum absolute atomic E-state index is 0.0100. The van der Waals surface area contributed by atoms with Crippen LogP contribution >= 0.6 is 0 Å². The first-order chi connectivity index (χ1) is 9.54. The van der Waals surface area contributed by atoms with E-state index in [9.17, 15) is 9.59 Å². The van der Waals surface area contributed by atoms with Crippen molar-refractivity contribution in [3.8, 4) is 0 Å². The first-order valence-corrected chi connectivity index (χ1v) is 6.75. The van der Waals surface area contributed by atoms with Crippen molar-refractivity contribution in [2.24, 2.45) is 0 Å². The maximum Gasteiger partial charge on any atom is 0.343 e. The average Bonchev–Trinajstić information content (AvgIpc) is 2.97. The highest BCUT2D eigenvalue weighted by atomic mass is 16.3. The van der Waals surface area contributed by atoms with Gasteiger partial charge in [0.25, 0.3) is 0 Å². The molecule has 1 aromatic rings. The summed E-state index contributed by atoms with van der Waals surface area (Å²) in [6, 6.07) is 0.314. The highest BCUT2D eigenvalue weighted by Gasteiger charge is 2.35. The lowest BCUT2D eigenvalue weighted by Crippen LogP contribution is -2.45. The van der Waals surface area contributed by atoms with E-state index < -0.39 is 0 Å². The number of likely N-dealkylation sites (N-methyl/N-ethyl adjacent to an activating group) is 1. The van der Waals surface area contributed by atoms with Crippen molar-refractivity contribution >= 4 is 5.91 Å². The second kappa shape index (κ2) is 6.19. The van der Waals surface area contributed by atoms with E-state index in [0.29, 0.717) is 13.1 Å². The lowest BCUT2D eigenvalue weighted by molar-refractivity contribution is -0.132. The zero-order valence-electron chi connectivity index (χ0n) is 11.8. The Morgan fingerprint density at radius 2 is 2.40 bits per heavy atom. The summed E-state index contributed by atoms with van der Waals surface area (Å²) in [5, 5.41) is 14.9. The molecule has 1 saturated heterocycles. The van der Waals surface area contributed by atoms with E-state index in [1.807, 2.05) is 14.0 Å². The summed E-state index contributed by atoms with van der Waals surface area (Å²) in [6.07, 6.45) is 2.21. The van der Waals surface area contributed by atoms with Crippen LogP contribution in [0.15, 0.2) is 11.1 Å². The lowest BCUT2D eigenvalue weighted by Gasteiger charge is -2.30. The molecule has 1 aliphatic rings. The molecule has 112 valence electrons. The second-order valence-electron chi connectivity index (χ2n) is 5.18. The van der Waals surface area contributed by atoms with Crippen molar-refractivity contribution in [2.75, 3.05) is 26.7 Å². The lowest BCUT2D eigenvalue weighted by atomic mass is 10.1. The van der Waals surface area contributed by atoms with Crippen LogP contribution in [0.25, 0.3) is 0 Å². The van der Waals surface area contributed by atoms with Gasteiger partial charge in [0.2, 0.25) is 5.91 Å². The molecule has 0 aliphatic carbocycles. The Labute approximate surface area is 117 Å². The molecular weight excluding hydrogens is 262 g/mol. The Kier molecular flexibility index (Phi) is 4.56. The van der Waals surface area contributed by atoms with Gasteiger partial charge in [-0.3, -0.25) is 14.3 Å². The number of aliphatic hydroxyl groups is 1. The van der Waals surface area contributed by atoms with E-state index in [1.54, 1.807) is 4.90 Å². The molecule has 20 heavy (non-hydrogen) atoms. The maximum absolute atomic E-state index is 12.3. The van der Waals surface area contributed by atoms with Crippen LogP contribution < -0.4 is 5.69 Å². The number of rotatable bonds is 5. The van der Waals surface area contributed by atoms with Crippen molar-refractivity contribution in [1.29, 1.82) is 0 Å². The van der Waals surface area contributed by atoms with E-state index in [2.05, 4.69) is 15.1 Å². The summed E-state index contributed by atoms with van der Waals surface area (Å²) in [7, 11) is 1.95. The van der Waals surface area contributed by atoms with Gasteiger partial charge in [0.05, 0.1) is 6.61 Å². The Bertz CT molecular complexity index is 511. The number of amides is 1. The molecule has 1 aromatic heterocycles. The number of nitrogens with zero attached hydrogens (tertiary/aromatic N) is 4. The van der Waals surface area contributed by atoms with Crippen molar-refractivity contribution < 1.29 is 9.90 Å². The fraction of sp³-hybridized carbons (Fsp3) is 0.750. The van der Waals surface area contributed by atoms with Crippen LogP contribution in [0, 0.1) is 0 Å². The summed E-state index contributed by atoms with van der Waals surface area (Å²) in [5.41, 5.74) is -0.376. The fourth-order valence-electron chi connectivity index (χ4n) is 2.81. The van der Waals surface area contributed by atoms with E-state index in [0.717, 1.165) is 6.42 Å². The largest absolute Gasteiger partial charge is 0.395 e. The molecule has 0 radical (unpaired) electrons.